The zero-order chi connectivity index (χ0) is 17.3. The number of nitrogens with zero attached hydrogens (tertiary/aromatic N) is 1. The molecule has 3 rings (SSSR count). The van der Waals surface area contributed by atoms with Gasteiger partial charge in [-0.25, -0.2) is 0 Å². The van der Waals surface area contributed by atoms with E-state index in [9.17, 15) is 9.90 Å². The van der Waals surface area contributed by atoms with E-state index >= 15 is 0 Å². The van der Waals surface area contributed by atoms with Gasteiger partial charge in [0.2, 0.25) is 5.91 Å². The number of hydrogen-bond acceptors (Lipinski definition) is 4. The third kappa shape index (κ3) is 3.73. The van der Waals surface area contributed by atoms with E-state index in [2.05, 4.69) is 5.32 Å². The molecule has 1 amide bonds. The molecule has 1 saturated heterocycles. The quantitative estimate of drug-likeness (QED) is 0.890. The number of ether oxygens (including phenoxy) is 1. The van der Waals surface area contributed by atoms with Crippen molar-refractivity contribution in [3.8, 4) is 5.75 Å². The highest BCUT2D eigenvalue weighted by Gasteiger charge is 2.42. The fourth-order valence-electron chi connectivity index (χ4n) is 4.17. The number of carbonyl (C=O) groups is 1. The van der Waals surface area contributed by atoms with Crippen LogP contribution >= 0.6 is 0 Å². The number of aromatic hydroxyl groups is 1. The van der Waals surface area contributed by atoms with Crippen molar-refractivity contribution in [2.75, 3.05) is 14.1 Å². The smallest absolute Gasteiger partial charge is 0.217 e. The predicted octanol–water partition coefficient (Wildman–Crippen LogP) is 2.59. The summed E-state index contributed by atoms with van der Waals surface area (Å²) < 4.78 is 6.36. The van der Waals surface area contributed by atoms with Crippen molar-refractivity contribution in [2.24, 2.45) is 5.92 Å². The van der Waals surface area contributed by atoms with Crippen molar-refractivity contribution in [1.29, 1.82) is 0 Å². The highest BCUT2D eigenvalue weighted by molar-refractivity contribution is 5.73. The molecule has 1 aromatic carbocycles. The number of fused-ring (bicyclic) bond motifs is 1. The zero-order valence-electron chi connectivity index (χ0n) is 14.8. The van der Waals surface area contributed by atoms with Gasteiger partial charge in [-0.1, -0.05) is 12.5 Å². The van der Waals surface area contributed by atoms with Gasteiger partial charge >= 0.3 is 0 Å². The first-order chi connectivity index (χ1) is 11.4. The third-order valence-electron chi connectivity index (χ3n) is 5.18. The summed E-state index contributed by atoms with van der Waals surface area (Å²) in [6, 6.07) is 5.92. The van der Waals surface area contributed by atoms with Crippen LogP contribution in [-0.2, 0) is 16.1 Å². The maximum absolute atomic E-state index is 11.6. The fourth-order valence-corrected chi connectivity index (χ4v) is 4.17. The van der Waals surface area contributed by atoms with E-state index in [-0.39, 0.29) is 24.2 Å². The van der Waals surface area contributed by atoms with Crippen LogP contribution in [-0.4, -0.2) is 42.2 Å². The molecule has 2 aliphatic rings. The summed E-state index contributed by atoms with van der Waals surface area (Å²) in [4.78, 5) is 13.6. The van der Waals surface area contributed by atoms with Crippen LogP contribution in [0.4, 0.5) is 0 Å². The van der Waals surface area contributed by atoms with Crippen LogP contribution in [0.5, 0.6) is 5.75 Å². The third-order valence-corrected chi connectivity index (χ3v) is 5.18. The molecule has 4 atom stereocenters. The van der Waals surface area contributed by atoms with Gasteiger partial charge in [-0.3, -0.25) is 4.79 Å². The Morgan fingerprint density at radius 1 is 1.38 bits per heavy atom. The van der Waals surface area contributed by atoms with Crippen LogP contribution in [0.25, 0.3) is 0 Å². The number of phenolic OH excluding ortho intramolecular Hbond substituents is 1. The molecule has 5 nitrogen and oxygen atoms in total. The summed E-state index contributed by atoms with van der Waals surface area (Å²) in [5.41, 5.74) is 2.00. The van der Waals surface area contributed by atoms with Crippen LogP contribution in [0, 0.1) is 5.92 Å². The molecule has 24 heavy (non-hydrogen) atoms. The number of hydrogen-bond donors (Lipinski definition) is 2. The van der Waals surface area contributed by atoms with Gasteiger partial charge in [0.25, 0.3) is 0 Å². The van der Waals surface area contributed by atoms with Crippen LogP contribution in [0.2, 0.25) is 0 Å². The lowest BCUT2D eigenvalue weighted by atomic mass is 9.86. The summed E-state index contributed by atoms with van der Waals surface area (Å²) in [6.45, 7) is 2.28. The average molecular weight is 332 g/mol. The van der Waals surface area contributed by atoms with Gasteiger partial charge in [0.1, 0.15) is 5.75 Å². The first kappa shape index (κ1) is 17.2. The Hall–Kier alpha value is -1.59. The number of nitrogens with one attached hydrogen (secondary N) is 1. The minimum atomic E-state index is -0.0253. The molecule has 1 aliphatic carbocycles. The predicted molar refractivity (Wildman–Crippen MR) is 92.7 cm³/mol. The molecule has 132 valence electrons. The Labute approximate surface area is 144 Å². The van der Waals surface area contributed by atoms with Crippen LogP contribution in [0.15, 0.2) is 18.2 Å². The van der Waals surface area contributed by atoms with Crippen LogP contribution in [0.3, 0.4) is 0 Å². The maximum Gasteiger partial charge on any atom is 0.217 e. The van der Waals surface area contributed by atoms with E-state index in [4.69, 9.17) is 4.74 Å². The maximum atomic E-state index is 11.6. The SMILES string of the molecule is CC(=O)N[C@@H]1C[C@H](c2ccc(O)c(CN(C)C)c2)O[C@@H]2CCC[C@@H]12. The molecular formula is C19H28N2O3. The minimum Gasteiger partial charge on any atom is -0.508 e. The van der Waals surface area contributed by atoms with Crippen molar-refractivity contribution in [1.82, 2.24) is 10.2 Å². The Bertz CT molecular complexity index is 602. The minimum absolute atomic E-state index is 0.0253. The first-order valence-electron chi connectivity index (χ1n) is 8.83. The lowest BCUT2D eigenvalue weighted by molar-refractivity contribution is -0.124. The van der Waals surface area contributed by atoms with E-state index < -0.39 is 0 Å². The molecular weight excluding hydrogens is 304 g/mol. The number of amides is 1. The summed E-state index contributed by atoms with van der Waals surface area (Å²) in [5, 5.41) is 13.2. The Morgan fingerprint density at radius 3 is 2.88 bits per heavy atom. The lowest BCUT2D eigenvalue weighted by Gasteiger charge is -2.39. The molecule has 0 spiro atoms. The van der Waals surface area contributed by atoms with E-state index in [1.807, 2.05) is 31.1 Å². The Kier molecular flexibility index (Phi) is 5.11. The van der Waals surface area contributed by atoms with Crippen molar-refractivity contribution in [3.05, 3.63) is 29.3 Å². The molecule has 0 aromatic heterocycles. The van der Waals surface area contributed by atoms with Gasteiger partial charge in [0, 0.05) is 31.0 Å². The van der Waals surface area contributed by atoms with Crippen molar-refractivity contribution < 1.29 is 14.6 Å². The molecule has 5 heteroatoms. The number of phenols is 1. The van der Waals surface area contributed by atoms with Gasteiger partial charge in [0.15, 0.2) is 0 Å². The number of rotatable bonds is 4. The highest BCUT2D eigenvalue weighted by atomic mass is 16.5. The van der Waals surface area contributed by atoms with E-state index in [0.29, 0.717) is 18.2 Å². The van der Waals surface area contributed by atoms with E-state index in [0.717, 1.165) is 30.4 Å². The molecule has 0 radical (unpaired) electrons. The lowest BCUT2D eigenvalue weighted by Crippen LogP contribution is -2.47. The zero-order valence-corrected chi connectivity index (χ0v) is 14.8. The molecule has 1 heterocycles. The monoisotopic (exact) mass is 332 g/mol. The van der Waals surface area contributed by atoms with Crippen molar-refractivity contribution in [3.63, 3.8) is 0 Å². The summed E-state index contributed by atoms with van der Waals surface area (Å²) in [5.74, 6) is 0.786. The standard InChI is InChI=1S/C19H28N2O3/c1-12(22)20-16-10-19(24-18-6-4-5-15(16)18)13-7-8-17(23)14(9-13)11-21(2)3/h7-9,15-16,18-19,23H,4-6,10-11H2,1-3H3,(H,20,22)/t15-,16+,18+,19+/m0/s1. The first-order valence-corrected chi connectivity index (χ1v) is 8.83. The normalized spacial score (nSPS) is 29.5. The van der Waals surface area contributed by atoms with Gasteiger partial charge in [-0.15, -0.1) is 0 Å². The fraction of sp³-hybridized carbons (Fsp3) is 0.632. The highest BCUT2D eigenvalue weighted by Crippen LogP contribution is 2.43. The summed E-state index contributed by atoms with van der Waals surface area (Å²) in [7, 11) is 3.97. The van der Waals surface area contributed by atoms with E-state index in [1.54, 1.807) is 13.0 Å². The molecule has 1 saturated carbocycles. The molecule has 0 bridgehead atoms. The molecule has 0 unspecified atom stereocenters. The number of carbonyl (C=O) groups excluding carboxylic acids is 1. The van der Waals surface area contributed by atoms with Gasteiger partial charge in [-0.2, -0.15) is 0 Å². The Balaban J connectivity index is 1.82. The second kappa shape index (κ2) is 7.11. The molecule has 1 aliphatic heterocycles. The summed E-state index contributed by atoms with van der Waals surface area (Å²) in [6.07, 6.45) is 4.37. The topological polar surface area (TPSA) is 61.8 Å². The summed E-state index contributed by atoms with van der Waals surface area (Å²) >= 11 is 0. The Morgan fingerprint density at radius 2 is 2.17 bits per heavy atom. The number of benzene rings is 1. The van der Waals surface area contributed by atoms with Crippen molar-refractivity contribution in [2.45, 2.75) is 57.4 Å². The second-order valence-corrected chi connectivity index (χ2v) is 7.43. The van der Waals surface area contributed by atoms with Gasteiger partial charge in [0.05, 0.1) is 12.2 Å². The van der Waals surface area contributed by atoms with Gasteiger partial charge in [-0.05, 0) is 51.1 Å². The molecule has 2 fully saturated rings. The molecule has 2 N–H and O–H groups in total. The van der Waals surface area contributed by atoms with Crippen LogP contribution < -0.4 is 5.32 Å². The van der Waals surface area contributed by atoms with Crippen molar-refractivity contribution >= 4 is 5.91 Å². The average Bonchev–Trinajstić information content (AvgIpc) is 2.97. The molecule has 1 aromatic rings. The van der Waals surface area contributed by atoms with E-state index in [1.165, 1.54) is 6.42 Å². The van der Waals surface area contributed by atoms with Gasteiger partial charge < -0.3 is 20.1 Å². The van der Waals surface area contributed by atoms with Crippen LogP contribution in [0.1, 0.15) is 49.8 Å². The second-order valence-electron chi connectivity index (χ2n) is 7.43. The largest absolute Gasteiger partial charge is 0.508 e.